The standard InChI is InChI=1S/C19H27ClFN3O3/c1-12(17(25)23-16-6-5-13(21)11-15(16)20)24-9-7-14(8-10-24)22-18(26)27-19(2,3)4/h5-6,11-12,14H,7-10H2,1-4H3,(H,22,26)(H,23,25). The first-order valence-corrected chi connectivity index (χ1v) is 9.42. The van der Waals surface area contributed by atoms with Gasteiger partial charge in [-0.05, 0) is 58.7 Å². The van der Waals surface area contributed by atoms with Gasteiger partial charge in [0.05, 0.1) is 16.8 Å². The Balaban J connectivity index is 1.82. The van der Waals surface area contributed by atoms with Gasteiger partial charge in [0.25, 0.3) is 0 Å². The molecule has 1 fully saturated rings. The lowest BCUT2D eigenvalue weighted by Crippen LogP contribution is -2.51. The second-order valence-electron chi connectivity index (χ2n) is 7.75. The molecule has 0 radical (unpaired) electrons. The van der Waals surface area contributed by atoms with Gasteiger partial charge < -0.3 is 15.4 Å². The van der Waals surface area contributed by atoms with E-state index in [9.17, 15) is 14.0 Å². The first-order valence-electron chi connectivity index (χ1n) is 9.04. The molecule has 27 heavy (non-hydrogen) atoms. The molecule has 0 bridgehead atoms. The summed E-state index contributed by atoms with van der Waals surface area (Å²) < 4.78 is 18.4. The molecule has 8 heteroatoms. The number of hydrogen-bond donors (Lipinski definition) is 2. The van der Waals surface area contributed by atoms with Gasteiger partial charge in [0.1, 0.15) is 11.4 Å². The highest BCUT2D eigenvalue weighted by Crippen LogP contribution is 2.23. The topological polar surface area (TPSA) is 70.7 Å². The van der Waals surface area contributed by atoms with Gasteiger partial charge in [-0.25, -0.2) is 9.18 Å². The van der Waals surface area contributed by atoms with Gasteiger partial charge in [0, 0.05) is 19.1 Å². The Bertz CT molecular complexity index is 685. The molecule has 1 aromatic rings. The molecule has 1 saturated heterocycles. The number of ether oxygens (including phenoxy) is 1. The summed E-state index contributed by atoms with van der Waals surface area (Å²) in [4.78, 5) is 26.4. The van der Waals surface area contributed by atoms with Crippen LogP contribution in [0.1, 0.15) is 40.5 Å². The zero-order chi connectivity index (χ0) is 20.2. The van der Waals surface area contributed by atoms with Gasteiger partial charge in [-0.1, -0.05) is 11.6 Å². The Morgan fingerprint density at radius 3 is 2.48 bits per heavy atom. The summed E-state index contributed by atoms with van der Waals surface area (Å²) >= 11 is 5.96. The zero-order valence-corrected chi connectivity index (χ0v) is 16.9. The molecule has 0 spiro atoms. The second-order valence-corrected chi connectivity index (χ2v) is 8.15. The molecule has 0 aromatic heterocycles. The SMILES string of the molecule is CC(C(=O)Nc1ccc(F)cc1Cl)N1CCC(NC(=O)OC(C)(C)C)CC1. The highest BCUT2D eigenvalue weighted by Gasteiger charge is 2.28. The smallest absolute Gasteiger partial charge is 0.407 e. The summed E-state index contributed by atoms with van der Waals surface area (Å²) in [7, 11) is 0. The number of carbonyl (C=O) groups excluding carboxylic acids is 2. The molecular weight excluding hydrogens is 373 g/mol. The lowest BCUT2D eigenvalue weighted by molar-refractivity contribution is -0.121. The molecule has 0 saturated carbocycles. The van der Waals surface area contributed by atoms with Gasteiger partial charge in [0.15, 0.2) is 0 Å². The van der Waals surface area contributed by atoms with Crippen molar-refractivity contribution in [1.29, 1.82) is 0 Å². The van der Waals surface area contributed by atoms with E-state index in [1.54, 1.807) is 0 Å². The Morgan fingerprint density at radius 2 is 1.93 bits per heavy atom. The molecule has 1 aliphatic rings. The van der Waals surface area contributed by atoms with Crippen molar-refractivity contribution in [3.8, 4) is 0 Å². The minimum Gasteiger partial charge on any atom is -0.444 e. The van der Waals surface area contributed by atoms with Gasteiger partial charge >= 0.3 is 6.09 Å². The minimum atomic E-state index is -0.529. The van der Waals surface area contributed by atoms with E-state index < -0.39 is 17.5 Å². The number of amides is 2. The highest BCUT2D eigenvalue weighted by molar-refractivity contribution is 6.33. The van der Waals surface area contributed by atoms with Crippen molar-refractivity contribution < 1.29 is 18.7 Å². The molecule has 1 atom stereocenters. The van der Waals surface area contributed by atoms with E-state index in [1.807, 2.05) is 32.6 Å². The maximum atomic E-state index is 13.1. The molecular formula is C19H27ClFN3O3. The summed E-state index contributed by atoms with van der Waals surface area (Å²) in [6.45, 7) is 8.63. The van der Waals surface area contributed by atoms with Crippen LogP contribution >= 0.6 is 11.6 Å². The van der Waals surface area contributed by atoms with E-state index in [0.29, 0.717) is 18.8 Å². The number of carbonyl (C=O) groups is 2. The molecule has 0 aliphatic carbocycles. The van der Waals surface area contributed by atoms with Crippen molar-refractivity contribution >= 4 is 29.3 Å². The number of likely N-dealkylation sites (tertiary alicyclic amines) is 1. The number of nitrogens with zero attached hydrogens (tertiary/aromatic N) is 1. The predicted molar refractivity (Wildman–Crippen MR) is 103 cm³/mol. The van der Waals surface area contributed by atoms with Crippen LogP contribution in [-0.2, 0) is 9.53 Å². The third kappa shape index (κ3) is 6.66. The summed E-state index contributed by atoms with van der Waals surface area (Å²) in [5, 5.41) is 5.77. The number of anilines is 1. The minimum absolute atomic E-state index is 0.0258. The van der Waals surface area contributed by atoms with E-state index in [2.05, 4.69) is 10.6 Å². The lowest BCUT2D eigenvalue weighted by Gasteiger charge is -2.35. The van der Waals surface area contributed by atoms with Crippen LogP contribution in [0.5, 0.6) is 0 Å². The van der Waals surface area contributed by atoms with Crippen molar-refractivity contribution in [2.45, 2.75) is 58.2 Å². The molecule has 2 amide bonds. The van der Waals surface area contributed by atoms with Gasteiger partial charge in [-0.3, -0.25) is 9.69 Å². The van der Waals surface area contributed by atoms with Gasteiger partial charge in [-0.15, -0.1) is 0 Å². The van der Waals surface area contributed by atoms with Crippen LogP contribution in [0.4, 0.5) is 14.9 Å². The van der Waals surface area contributed by atoms with Crippen LogP contribution < -0.4 is 10.6 Å². The average Bonchev–Trinajstić information content (AvgIpc) is 2.55. The van der Waals surface area contributed by atoms with Crippen LogP contribution in [-0.4, -0.2) is 47.7 Å². The molecule has 1 heterocycles. The highest BCUT2D eigenvalue weighted by atomic mass is 35.5. The average molecular weight is 400 g/mol. The molecule has 1 aliphatic heterocycles. The maximum absolute atomic E-state index is 13.1. The number of piperidine rings is 1. The largest absolute Gasteiger partial charge is 0.444 e. The fourth-order valence-electron chi connectivity index (χ4n) is 2.90. The normalized spacial score (nSPS) is 17.3. The summed E-state index contributed by atoms with van der Waals surface area (Å²) in [6.07, 6.45) is 1.04. The van der Waals surface area contributed by atoms with Crippen molar-refractivity contribution in [2.75, 3.05) is 18.4 Å². The van der Waals surface area contributed by atoms with Crippen molar-refractivity contribution in [3.63, 3.8) is 0 Å². The van der Waals surface area contributed by atoms with Gasteiger partial charge in [0.2, 0.25) is 5.91 Å². The van der Waals surface area contributed by atoms with Crippen LogP contribution in [0.25, 0.3) is 0 Å². The number of rotatable bonds is 4. The van der Waals surface area contributed by atoms with Gasteiger partial charge in [-0.2, -0.15) is 0 Å². The third-order valence-corrected chi connectivity index (χ3v) is 4.68. The second kappa shape index (κ2) is 8.89. The van der Waals surface area contributed by atoms with Crippen molar-refractivity contribution in [2.24, 2.45) is 0 Å². The van der Waals surface area contributed by atoms with Crippen LogP contribution in [0.2, 0.25) is 5.02 Å². The van der Waals surface area contributed by atoms with E-state index in [-0.39, 0.29) is 23.0 Å². The molecule has 6 nitrogen and oxygen atoms in total. The zero-order valence-electron chi connectivity index (χ0n) is 16.1. The number of benzene rings is 1. The summed E-state index contributed by atoms with van der Waals surface area (Å²) in [5.74, 6) is -0.660. The van der Waals surface area contributed by atoms with Crippen LogP contribution in [0.3, 0.4) is 0 Å². The fraction of sp³-hybridized carbons (Fsp3) is 0.579. The molecule has 2 rings (SSSR count). The van der Waals surface area contributed by atoms with E-state index >= 15 is 0 Å². The van der Waals surface area contributed by atoms with E-state index in [4.69, 9.17) is 16.3 Å². The molecule has 150 valence electrons. The maximum Gasteiger partial charge on any atom is 0.407 e. The quantitative estimate of drug-likeness (QED) is 0.808. The van der Waals surface area contributed by atoms with E-state index in [0.717, 1.165) is 18.9 Å². The fourth-order valence-corrected chi connectivity index (χ4v) is 3.11. The predicted octanol–water partition coefficient (Wildman–Crippen LogP) is 3.80. The summed E-state index contributed by atoms with van der Waals surface area (Å²) in [6, 6.07) is 3.51. The number of hydrogen-bond acceptors (Lipinski definition) is 4. The third-order valence-electron chi connectivity index (χ3n) is 4.37. The Labute approximate surface area is 164 Å². The number of alkyl carbamates (subject to hydrolysis) is 1. The monoisotopic (exact) mass is 399 g/mol. The van der Waals surface area contributed by atoms with Crippen molar-refractivity contribution in [3.05, 3.63) is 29.0 Å². The lowest BCUT2D eigenvalue weighted by atomic mass is 10.0. The molecule has 1 unspecified atom stereocenters. The van der Waals surface area contributed by atoms with Crippen LogP contribution in [0.15, 0.2) is 18.2 Å². The molecule has 1 aromatic carbocycles. The Kier molecular flexibility index (Phi) is 7.06. The number of nitrogens with one attached hydrogen (secondary N) is 2. The Morgan fingerprint density at radius 1 is 1.30 bits per heavy atom. The number of halogens is 2. The first kappa shape index (κ1) is 21.4. The molecule has 2 N–H and O–H groups in total. The van der Waals surface area contributed by atoms with Crippen LogP contribution in [0, 0.1) is 5.82 Å². The Hall–Kier alpha value is -1.86. The van der Waals surface area contributed by atoms with Crippen molar-refractivity contribution in [1.82, 2.24) is 10.2 Å². The first-order chi connectivity index (χ1) is 12.5. The van der Waals surface area contributed by atoms with E-state index in [1.165, 1.54) is 12.1 Å². The summed E-state index contributed by atoms with van der Waals surface area (Å²) in [5.41, 5.74) is -0.143.